The maximum absolute atomic E-state index is 9.53. The molecule has 0 spiro atoms. The Morgan fingerprint density at radius 3 is 3.06 bits per heavy atom. The van der Waals surface area contributed by atoms with Gasteiger partial charge in [-0.2, -0.15) is 0 Å². The molecule has 0 bridgehead atoms. The van der Waals surface area contributed by atoms with E-state index >= 15 is 0 Å². The number of hydrogen-bond donors (Lipinski definition) is 2. The van der Waals surface area contributed by atoms with Gasteiger partial charge in [0.15, 0.2) is 0 Å². The highest BCUT2D eigenvalue weighted by molar-refractivity contribution is 7.15. The lowest BCUT2D eigenvalue weighted by molar-refractivity contribution is 0.472. The van der Waals surface area contributed by atoms with Crippen LogP contribution in [0.5, 0.6) is 5.75 Å². The van der Waals surface area contributed by atoms with Gasteiger partial charge in [-0.15, -0.1) is 10.2 Å². The standard InChI is InChI=1S/C13H15N3OS/c1-8-15-16-13(18-8)14-12-4-2-3-9-7-10(17)5-6-11(9)12/h5-7,12,17H,2-4H2,1H3,(H,14,16). The fraction of sp³-hybridized carbons (Fsp3) is 0.385. The van der Waals surface area contributed by atoms with Crippen LogP contribution in [0.1, 0.15) is 35.0 Å². The Kier molecular flexibility index (Phi) is 2.91. The fourth-order valence-corrected chi connectivity index (χ4v) is 3.10. The number of benzene rings is 1. The van der Waals surface area contributed by atoms with Gasteiger partial charge < -0.3 is 10.4 Å². The number of phenolic OH excluding ortho intramolecular Hbond substituents is 1. The largest absolute Gasteiger partial charge is 0.508 e. The van der Waals surface area contributed by atoms with E-state index in [1.165, 1.54) is 11.1 Å². The molecule has 2 N–H and O–H groups in total. The van der Waals surface area contributed by atoms with Crippen molar-refractivity contribution in [3.63, 3.8) is 0 Å². The van der Waals surface area contributed by atoms with Gasteiger partial charge in [-0.1, -0.05) is 17.4 Å². The molecule has 3 rings (SSSR count). The molecule has 1 aromatic carbocycles. The van der Waals surface area contributed by atoms with Gasteiger partial charge in [-0.25, -0.2) is 0 Å². The molecule has 4 nitrogen and oxygen atoms in total. The summed E-state index contributed by atoms with van der Waals surface area (Å²) in [6.45, 7) is 1.95. The third kappa shape index (κ3) is 2.18. The number of rotatable bonds is 2. The van der Waals surface area contributed by atoms with Crippen molar-refractivity contribution < 1.29 is 5.11 Å². The van der Waals surface area contributed by atoms with Gasteiger partial charge in [-0.05, 0) is 49.4 Å². The minimum absolute atomic E-state index is 0.279. The molecule has 1 unspecified atom stereocenters. The van der Waals surface area contributed by atoms with E-state index < -0.39 is 0 Å². The first kappa shape index (κ1) is 11.5. The summed E-state index contributed by atoms with van der Waals surface area (Å²) >= 11 is 1.58. The molecule has 1 heterocycles. The Labute approximate surface area is 110 Å². The molecular formula is C13H15N3OS. The van der Waals surface area contributed by atoms with Gasteiger partial charge >= 0.3 is 0 Å². The maximum atomic E-state index is 9.53. The number of nitrogens with zero attached hydrogens (tertiary/aromatic N) is 2. The SMILES string of the molecule is Cc1nnc(NC2CCCc3cc(O)ccc32)s1. The molecule has 0 aliphatic heterocycles. The number of aromatic nitrogens is 2. The van der Waals surface area contributed by atoms with Crippen LogP contribution >= 0.6 is 11.3 Å². The molecule has 2 aromatic rings. The molecular weight excluding hydrogens is 246 g/mol. The van der Waals surface area contributed by atoms with Crippen molar-refractivity contribution in [1.29, 1.82) is 0 Å². The molecule has 1 aliphatic carbocycles. The minimum Gasteiger partial charge on any atom is -0.508 e. The van der Waals surface area contributed by atoms with Gasteiger partial charge in [0.25, 0.3) is 0 Å². The summed E-state index contributed by atoms with van der Waals surface area (Å²) in [5, 5.41) is 22.9. The number of anilines is 1. The van der Waals surface area contributed by atoms with Gasteiger partial charge in [0.05, 0.1) is 6.04 Å². The van der Waals surface area contributed by atoms with E-state index in [4.69, 9.17) is 0 Å². The lowest BCUT2D eigenvalue weighted by atomic mass is 9.87. The van der Waals surface area contributed by atoms with Gasteiger partial charge in [0, 0.05) is 0 Å². The topological polar surface area (TPSA) is 58.0 Å². The molecule has 5 heteroatoms. The van der Waals surface area contributed by atoms with E-state index in [1.54, 1.807) is 17.4 Å². The van der Waals surface area contributed by atoms with Crippen molar-refractivity contribution in [2.24, 2.45) is 0 Å². The number of fused-ring (bicyclic) bond motifs is 1. The van der Waals surface area contributed by atoms with E-state index in [0.717, 1.165) is 29.4 Å². The predicted molar refractivity (Wildman–Crippen MR) is 72.1 cm³/mol. The monoisotopic (exact) mass is 261 g/mol. The van der Waals surface area contributed by atoms with E-state index in [0.29, 0.717) is 5.75 Å². The molecule has 1 aromatic heterocycles. The van der Waals surface area contributed by atoms with Crippen LogP contribution in [0.4, 0.5) is 5.13 Å². The zero-order valence-electron chi connectivity index (χ0n) is 10.2. The number of aryl methyl sites for hydroxylation is 2. The molecule has 18 heavy (non-hydrogen) atoms. The first-order valence-corrected chi connectivity index (χ1v) is 6.92. The van der Waals surface area contributed by atoms with Crippen LogP contribution in [-0.4, -0.2) is 15.3 Å². The van der Waals surface area contributed by atoms with Crippen molar-refractivity contribution in [2.75, 3.05) is 5.32 Å². The smallest absolute Gasteiger partial charge is 0.206 e. The fourth-order valence-electron chi connectivity index (χ4n) is 2.45. The third-order valence-corrected chi connectivity index (χ3v) is 4.03. The summed E-state index contributed by atoms with van der Waals surface area (Å²) < 4.78 is 0. The second kappa shape index (κ2) is 4.57. The molecule has 0 amide bonds. The predicted octanol–water partition coefficient (Wildman–Crippen LogP) is 3.04. The number of hydrogen-bond acceptors (Lipinski definition) is 5. The summed E-state index contributed by atoms with van der Waals surface area (Å²) in [5.74, 6) is 0.348. The van der Waals surface area contributed by atoms with Crippen LogP contribution in [-0.2, 0) is 6.42 Å². The van der Waals surface area contributed by atoms with Crippen LogP contribution in [0, 0.1) is 6.92 Å². The molecule has 0 radical (unpaired) electrons. The summed E-state index contributed by atoms with van der Waals surface area (Å²) in [6.07, 6.45) is 3.26. The first-order valence-electron chi connectivity index (χ1n) is 6.11. The van der Waals surface area contributed by atoms with Crippen molar-refractivity contribution in [3.05, 3.63) is 34.3 Å². The zero-order valence-corrected chi connectivity index (χ0v) is 11.0. The third-order valence-electron chi connectivity index (χ3n) is 3.26. The molecule has 0 fully saturated rings. The minimum atomic E-state index is 0.279. The van der Waals surface area contributed by atoms with E-state index in [1.807, 2.05) is 19.1 Å². The quantitative estimate of drug-likeness (QED) is 0.872. The molecule has 1 aliphatic rings. The second-order valence-electron chi connectivity index (χ2n) is 4.60. The van der Waals surface area contributed by atoms with Crippen molar-refractivity contribution in [3.8, 4) is 5.75 Å². The summed E-state index contributed by atoms with van der Waals surface area (Å²) in [5.41, 5.74) is 2.51. The van der Waals surface area contributed by atoms with Crippen LogP contribution in [0.2, 0.25) is 0 Å². The summed E-state index contributed by atoms with van der Waals surface area (Å²) in [6, 6.07) is 5.91. The van der Waals surface area contributed by atoms with Crippen molar-refractivity contribution in [1.82, 2.24) is 10.2 Å². The molecule has 1 atom stereocenters. The van der Waals surface area contributed by atoms with Crippen LogP contribution in [0.3, 0.4) is 0 Å². The molecule has 0 saturated carbocycles. The Hall–Kier alpha value is -1.62. The van der Waals surface area contributed by atoms with E-state index in [2.05, 4.69) is 15.5 Å². The van der Waals surface area contributed by atoms with Gasteiger partial charge in [0.2, 0.25) is 5.13 Å². The molecule has 94 valence electrons. The number of nitrogens with one attached hydrogen (secondary N) is 1. The number of phenols is 1. The average molecular weight is 261 g/mol. The van der Waals surface area contributed by atoms with Crippen LogP contribution in [0.15, 0.2) is 18.2 Å². The van der Waals surface area contributed by atoms with Gasteiger partial charge in [-0.3, -0.25) is 0 Å². The van der Waals surface area contributed by atoms with Crippen molar-refractivity contribution >= 4 is 16.5 Å². The summed E-state index contributed by atoms with van der Waals surface area (Å²) in [7, 11) is 0. The van der Waals surface area contributed by atoms with Crippen LogP contribution in [0.25, 0.3) is 0 Å². The Balaban J connectivity index is 1.87. The average Bonchev–Trinajstić information content (AvgIpc) is 2.75. The first-order chi connectivity index (χ1) is 8.72. The Morgan fingerprint density at radius 1 is 1.39 bits per heavy atom. The number of aromatic hydroxyl groups is 1. The molecule has 0 saturated heterocycles. The zero-order chi connectivity index (χ0) is 12.5. The van der Waals surface area contributed by atoms with E-state index in [9.17, 15) is 5.11 Å². The normalized spacial score (nSPS) is 18.4. The summed E-state index contributed by atoms with van der Waals surface area (Å²) in [4.78, 5) is 0. The Morgan fingerprint density at radius 2 is 2.28 bits per heavy atom. The maximum Gasteiger partial charge on any atom is 0.206 e. The highest BCUT2D eigenvalue weighted by Gasteiger charge is 2.21. The van der Waals surface area contributed by atoms with Gasteiger partial charge in [0.1, 0.15) is 10.8 Å². The Bertz CT molecular complexity index is 567. The second-order valence-corrected chi connectivity index (χ2v) is 5.78. The lowest BCUT2D eigenvalue weighted by Crippen LogP contribution is -2.17. The van der Waals surface area contributed by atoms with Crippen molar-refractivity contribution in [2.45, 2.75) is 32.2 Å². The van der Waals surface area contributed by atoms with E-state index in [-0.39, 0.29) is 6.04 Å². The highest BCUT2D eigenvalue weighted by atomic mass is 32.1. The highest BCUT2D eigenvalue weighted by Crippen LogP contribution is 2.34. The van der Waals surface area contributed by atoms with Crippen LogP contribution < -0.4 is 5.32 Å². The lowest BCUT2D eigenvalue weighted by Gasteiger charge is -2.26.